The van der Waals surface area contributed by atoms with Gasteiger partial charge >= 0.3 is 5.97 Å². The molecule has 0 aromatic heterocycles. The standard InChI is InChI=1S/C16H19N3O6/c1-10(15(21)18-8-3-2-7-13(18)16(22)23)17-14(20)11-5-4-6-12(9-11)19(24)25/h4-6,9-10,13H,2-3,7-8H2,1H3,(H,17,20)(H,22,23). The van der Waals surface area contributed by atoms with Gasteiger partial charge in [0.15, 0.2) is 0 Å². The van der Waals surface area contributed by atoms with E-state index in [0.717, 1.165) is 12.5 Å². The van der Waals surface area contributed by atoms with E-state index in [1.807, 2.05) is 0 Å². The fourth-order valence-corrected chi connectivity index (χ4v) is 2.80. The SMILES string of the molecule is CC(NC(=O)c1cccc([N+](=O)[O-])c1)C(=O)N1CCCCC1C(=O)O. The molecule has 0 saturated carbocycles. The van der Waals surface area contributed by atoms with Gasteiger partial charge in [-0.1, -0.05) is 6.07 Å². The number of aliphatic carboxylic acids is 1. The maximum absolute atomic E-state index is 12.5. The van der Waals surface area contributed by atoms with Gasteiger partial charge in [-0.15, -0.1) is 0 Å². The number of hydrogen-bond acceptors (Lipinski definition) is 5. The summed E-state index contributed by atoms with van der Waals surface area (Å²) in [6, 6.07) is 3.33. The van der Waals surface area contributed by atoms with Crippen molar-refractivity contribution in [2.45, 2.75) is 38.3 Å². The molecule has 25 heavy (non-hydrogen) atoms. The number of carboxylic acid groups (broad SMARTS) is 1. The highest BCUT2D eigenvalue weighted by Gasteiger charge is 2.34. The molecule has 2 amide bonds. The maximum atomic E-state index is 12.5. The lowest BCUT2D eigenvalue weighted by Crippen LogP contribution is -2.54. The first kappa shape index (κ1) is 18.4. The minimum atomic E-state index is -1.06. The van der Waals surface area contributed by atoms with E-state index < -0.39 is 34.8 Å². The number of nitrogens with zero attached hydrogens (tertiary/aromatic N) is 2. The lowest BCUT2D eigenvalue weighted by molar-refractivity contribution is -0.384. The Morgan fingerprint density at radius 3 is 2.72 bits per heavy atom. The van der Waals surface area contributed by atoms with Gasteiger partial charge in [0.25, 0.3) is 11.6 Å². The topological polar surface area (TPSA) is 130 Å². The van der Waals surface area contributed by atoms with E-state index in [4.69, 9.17) is 0 Å². The summed E-state index contributed by atoms with van der Waals surface area (Å²) in [5.41, 5.74) is -0.170. The molecule has 0 bridgehead atoms. The number of amides is 2. The number of carboxylic acids is 1. The van der Waals surface area contributed by atoms with E-state index in [0.29, 0.717) is 19.4 Å². The number of likely N-dealkylation sites (tertiary alicyclic amines) is 1. The Balaban J connectivity index is 2.07. The van der Waals surface area contributed by atoms with Crippen molar-refractivity contribution in [3.05, 3.63) is 39.9 Å². The third-order valence-electron chi connectivity index (χ3n) is 4.11. The minimum absolute atomic E-state index is 0.0577. The van der Waals surface area contributed by atoms with Crippen molar-refractivity contribution in [3.8, 4) is 0 Å². The largest absolute Gasteiger partial charge is 0.480 e. The molecule has 1 aliphatic heterocycles. The van der Waals surface area contributed by atoms with Gasteiger partial charge in [0.2, 0.25) is 5.91 Å². The molecule has 0 aliphatic carbocycles. The van der Waals surface area contributed by atoms with Gasteiger partial charge in [-0.2, -0.15) is 0 Å². The van der Waals surface area contributed by atoms with E-state index in [1.54, 1.807) is 0 Å². The smallest absolute Gasteiger partial charge is 0.326 e. The number of non-ortho nitro benzene ring substituents is 1. The van der Waals surface area contributed by atoms with Crippen LogP contribution in [-0.4, -0.2) is 51.3 Å². The van der Waals surface area contributed by atoms with Gasteiger partial charge in [-0.05, 0) is 32.3 Å². The Kier molecular flexibility index (Phi) is 5.68. The molecule has 1 aromatic carbocycles. The number of carbonyl (C=O) groups is 3. The molecule has 2 unspecified atom stereocenters. The van der Waals surface area contributed by atoms with Crippen LogP contribution in [0.5, 0.6) is 0 Å². The highest BCUT2D eigenvalue weighted by molar-refractivity contribution is 5.98. The second-order valence-electron chi connectivity index (χ2n) is 5.88. The van der Waals surface area contributed by atoms with Crippen molar-refractivity contribution < 1.29 is 24.4 Å². The summed E-state index contributed by atoms with van der Waals surface area (Å²) >= 11 is 0. The molecule has 1 saturated heterocycles. The van der Waals surface area contributed by atoms with Crippen LogP contribution in [0.25, 0.3) is 0 Å². The van der Waals surface area contributed by atoms with Crippen molar-refractivity contribution in [1.82, 2.24) is 10.2 Å². The predicted octanol–water partition coefficient (Wildman–Crippen LogP) is 1.18. The van der Waals surface area contributed by atoms with Crippen LogP contribution < -0.4 is 5.32 Å². The first-order valence-electron chi connectivity index (χ1n) is 7.90. The van der Waals surface area contributed by atoms with Gasteiger partial charge in [-0.25, -0.2) is 4.79 Å². The molecule has 0 spiro atoms. The van der Waals surface area contributed by atoms with Gasteiger partial charge in [0, 0.05) is 24.2 Å². The third kappa shape index (κ3) is 4.31. The first-order valence-corrected chi connectivity index (χ1v) is 7.90. The molecule has 1 aliphatic rings. The van der Waals surface area contributed by atoms with Crippen LogP contribution in [-0.2, 0) is 9.59 Å². The Labute approximate surface area is 143 Å². The molecule has 9 nitrogen and oxygen atoms in total. The molecular formula is C16H19N3O6. The normalized spacial score (nSPS) is 18.3. The zero-order valence-electron chi connectivity index (χ0n) is 13.7. The molecule has 2 rings (SSSR count). The van der Waals surface area contributed by atoms with Crippen LogP contribution in [0.2, 0.25) is 0 Å². The van der Waals surface area contributed by atoms with Crippen LogP contribution in [0.4, 0.5) is 5.69 Å². The average molecular weight is 349 g/mol. The Morgan fingerprint density at radius 2 is 2.08 bits per heavy atom. The van der Waals surface area contributed by atoms with Crippen molar-refractivity contribution in [2.75, 3.05) is 6.54 Å². The number of nitro benzene ring substituents is 1. The summed E-state index contributed by atoms with van der Waals surface area (Å²) in [7, 11) is 0. The zero-order chi connectivity index (χ0) is 18.6. The Bertz CT molecular complexity index is 705. The van der Waals surface area contributed by atoms with Gasteiger partial charge in [-0.3, -0.25) is 19.7 Å². The Hall–Kier alpha value is -2.97. The van der Waals surface area contributed by atoms with Crippen LogP contribution in [0.1, 0.15) is 36.5 Å². The summed E-state index contributed by atoms with van der Waals surface area (Å²) in [6.07, 6.45) is 1.82. The lowest BCUT2D eigenvalue weighted by atomic mass is 10.0. The maximum Gasteiger partial charge on any atom is 0.326 e. The quantitative estimate of drug-likeness (QED) is 0.606. The van der Waals surface area contributed by atoms with Gasteiger partial charge in [0.1, 0.15) is 12.1 Å². The summed E-state index contributed by atoms with van der Waals surface area (Å²) in [4.78, 5) is 47.4. The highest BCUT2D eigenvalue weighted by atomic mass is 16.6. The van der Waals surface area contributed by atoms with E-state index in [-0.39, 0.29) is 11.3 Å². The molecule has 2 N–H and O–H groups in total. The van der Waals surface area contributed by atoms with Crippen molar-refractivity contribution in [2.24, 2.45) is 0 Å². The van der Waals surface area contributed by atoms with Crippen LogP contribution in [0.15, 0.2) is 24.3 Å². The third-order valence-corrected chi connectivity index (χ3v) is 4.11. The summed E-state index contributed by atoms with van der Waals surface area (Å²) in [6.45, 7) is 1.79. The highest BCUT2D eigenvalue weighted by Crippen LogP contribution is 2.18. The van der Waals surface area contributed by atoms with E-state index >= 15 is 0 Å². The number of rotatable bonds is 5. The average Bonchev–Trinajstić information content (AvgIpc) is 2.60. The number of nitrogens with one attached hydrogen (secondary N) is 1. The van der Waals surface area contributed by atoms with E-state index in [9.17, 15) is 29.6 Å². The van der Waals surface area contributed by atoms with Crippen molar-refractivity contribution in [3.63, 3.8) is 0 Å². The Morgan fingerprint density at radius 1 is 1.36 bits per heavy atom. The van der Waals surface area contributed by atoms with Crippen molar-refractivity contribution >= 4 is 23.5 Å². The van der Waals surface area contributed by atoms with Crippen LogP contribution in [0, 0.1) is 10.1 Å². The number of benzene rings is 1. The molecule has 9 heteroatoms. The molecular weight excluding hydrogens is 330 g/mol. The number of piperidine rings is 1. The van der Waals surface area contributed by atoms with Gasteiger partial charge in [0.05, 0.1) is 4.92 Å². The number of nitro groups is 1. The monoisotopic (exact) mass is 349 g/mol. The summed E-state index contributed by atoms with van der Waals surface area (Å²) < 4.78 is 0. The fourth-order valence-electron chi connectivity index (χ4n) is 2.80. The van der Waals surface area contributed by atoms with Crippen LogP contribution >= 0.6 is 0 Å². The lowest BCUT2D eigenvalue weighted by Gasteiger charge is -2.34. The molecule has 1 aromatic rings. The minimum Gasteiger partial charge on any atom is -0.480 e. The molecule has 1 fully saturated rings. The van der Waals surface area contributed by atoms with Crippen LogP contribution in [0.3, 0.4) is 0 Å². The molecule has 134 valence electrons. The molecule has 0 radical (unpaired) electrons. The van der Waals surface area contributed by atoms with Gasteiger partial charge < -0.3 is 15.3 Å². The first-order chi connectivity index (χ1) is 11.8. The summed E-state index contributed by atoms with van der Waals surface area (Å²) in [5, 5.41) is 22.5. The second-order valence-corrected chi connectivity index (χ2v) is 5.88. The van der Waals surface area contributed by atoms with E-state index in [2.05, 4.69) is 5.32 Å². The zero-order valence-corrected chi connectivity index (χ0v) is 13.7. The molecule has 1 heterocycles. The summed E-state index contributed by atoms with van der Waals surface area (Å²) in [5.74, 6) is -2.18. The van der Waals surface area contributed by atoms with Crippen molar-refractivity contribution in [1.29, 1.82) is 0 Å². The number of carbonyl (C=O) groups excluding carboxylic acids is 2. The predicted molar refractivity (Wildman–Crippen MR) is 87.0 cm³/mol. The number of hydrogen-bond donors (Lipinski definition) is 2. The molecule has 2 atom stereocenters. The fraction of sp³-hybridized carbons (Fsp3) is 0.438. The second kappa shape index (κ2) is 7.73. The van der Waals surface area contributed by atoms with E-state index in [1.165, 1.54) is 30.0 Å².